The number of nitrogens with zero attached hydrogens (tertiary/aromatic N) is 3. The van der Waals surface area contributed by atoms with E-state index < -0.39 is 0 Å². The van der Waals surface area contributed by atoms with Crippen molar-refractivity contribution in [2.75, 3.05) is 44.2 Å². The predicted octanol–water partition coefficient (Wildman–Crippen LogP) is 3.23. The third-order valence-corrected chi connectivity index (χ3v) is 5.24. The molecule has 1 aromatic carbocycles. The Labute approximate surface area is 141 Å². The predicted molar refractivity (Wildman–Crippen MR) is 96.0 cm³/mol. The van der Waals surface area contributed by atoms with Crippen molar-refractivity contribution in [1.29, 1.82) is 0 Å². The van der Waals surface area contributed by atoms with E-state index in [0.717, 1.165) is 35.7 Å². The summed E-state index contributed by atoms with van der Waals surface area (Å²) in [4.78, 5) is 11.3. The van der Waals surface area contributed by atoms with Gasteiger partial charge in [0.2, 0.25) is 0 Å². The minimum atomic E-state index is 0.698. The molecule has 0 saturated carbocycles. The molecule has 2 heterocycles. The normalized spacial score (nSPS) is 15.9. The van der Waals surface area contributed by atoms with Crippen LogP contribution in [0.15, 0.2) is 18.5 Å². The summed E-state index contributed by atoms with van der Waals surface area (Å²) in [5, 5.41) is 1.02. The smallest absolute Gasteiger partial charge is 0.162 e. The van der Waals surface area contributed by atoms with E-state index >= 15 is 0 Å². The number of anilines is 1. The number of benzene rings is 1. The lowest BCUT2D eigenvalue weighted by Crippen LogP contribution is -2.35. The molecule has 1 saturated heterocycles. The van der Waals surface area contributed by atoms with Crippen LogP contribution in [-0.2, 0) is 0 Å². The molecule has 2 aromatic rings. The first-order valence-corrected chi connectivity index (χ1v) is 9.26. The van der Waals surface area contributed by atoms with Gasteiger partial charge >= 0.3 is 0 Å². The zero-order chi connectivity index (χ0) is 16.2. The van der Waals surface area contributed by atoms with Crippen LogP contribution in [0, 0.1) is 5.92 Å². The molecule has 5 nitrogen and oxygen atoms in total. The number of hydrogen-bond acceptors (Lipinski definition) is 6. The molecule has 1 aromatic heterocycles. The van der Waals surface area contributed by atoms with Gasteiger partial charge in [0.05, 0.1) is 19.7 Å². The summed E-state index contributed by atoms with van der Waals surface area (Å²) >= 11 is 1.94. The zero-order valence-corrected chi connectivity index (χ0v) is 14.7. The summed E-state index contributed by atoms with van der Waals surface area (Å²) in [5.74, 6) is 4.49. The second kappa shape index (κ2) is 7.25. The summed E-state index contributed by atoms with van der Waals surface area (Å²) in [5.41, 5.74) is 0.888. The molecule has 1 aliphatic rings. The van der Waals surface area contributed by atoms with Crippen LogP contribution in [0.5, 0.6) is 11.5 Å². The van der Waals surface area contributed by atoms with Crippen molar-refractivity contribution >= 4 is 28.5 Å². The summed E-state index contributed by atoms with van der Waals surface area (Å²) in [7, 11) is 3.30. The lowest BCUT2D eigenvalue weighted by Gasteiger charge is -2.33. The Kier molecular flexibility index (Phi) is 5.10. The molecule has 0 unspecified atom stereocenters. The topological polar surface area (TPSA) is 47.5 Å². The van der Waals surface area contributed by atoms with Gasteiger partial charge in [0.1, 0.15) is 12.1 Å². The Morgan fingerprint density at radius 3 is 2.48 bits per heavy atom. The summed E-state index contributed by atoms with van der Waals surface area (Å²) in [6.07, 6.45) is 6.26. The van der Waals surface area contributed by atoms with Gasteiger partial charge in [-0.3, -0.25) is 0 Å². The van der Waals surface area contributed by atoms with E-state index in [9.17, 15) is 0 Å². The highest BCUT2D eigenvalue weighted by Gasteiger charge is 2.22. The van der Waals surface area contributed by atoms with Gasteiger partial charge in [-0.15, -0.1) is 0 Å². The Morgan fingerprint density at radius 1 is 1.13 bits per heavy atom. The average Bonchev–Trinajstić information content (AvgIpc) is 2.61. The van der Waals surface area contributed by atoms with Crippen LogP contribution in [0.25, 0.3) is 10.9 Å². The van der Waals surface area contributed by atoms with Crippen molar-refractivity contribution in [3.8, 4) is 11.5 Å². The number of fused-ring (bicyclic) bond motifs is 1. The first-order chi connectivity index (χ1) is 11.3. The maximum absolute atomic E-state index is 5.43. The minimum Gasteiger partial charge on any atom is -0.493 e. The molecule has 0 bridgehead atoms. The molecule has 0 atom stereocenters. The number of aromatic nitrogens is 2. The fraction of sp³-hybridized carbons (Fsp3) is 0.529. The van der Waals surface area contributed by atoms with Crippen LogP contribution in [0.2, 0.25) is 0 Å². The first kappa shape index (κ1) is 16.2. The molecule has 1 aliphatic heterocycles. The Hall–Kier alpha value is -1.69. The number of piperidine rings is 1. The molecule has 0 radical (unpaired) electrons. The molecule has 1 fully saturated rings. The Bertz CT molecular complexity index is 672. The molecular weight excluding hydrogens is 310 g/mol. The molecular formula is C17H23N3O2S. The van der Waals surface area contributed by atoms with Crippen molar-refractivity contribution < 1.29 is 9.47 Å². The molecule has 0 aliphatic carbocycles. The van der Waals surface area contributed by atoms with E-state index in [-0.39, 0.29) is 0 Å². The van der Waals surface area contributed by atoms with E-state index in [1.165, 1.54) is 18.6 Å². The van der Waals surface area contributed by atoms with Crippen molar-refractivity contribution in [3.05, 3.63) is 18.5 Å². The van der Waals surface area contributed by atoms with Crippen molar-refractivity contribution in [2.45, 2.75) is 12.8 Å². The number of methoxy groups -OCH3 is 2. The van der Waals surface area contributed by atoms with Gasteiger partial charge in [-0.05, 0) is 36.8 Å². The van der Waals surface area contributed by atoms with Crippen LogP contribution >= 0.6 is 11.8 Å². The third-order valence-electron chi connectivity index (χ3n) is 4.44. The van der Waals surface area contributed by atoms with Gasteiger partial charge in [0.15, 0.2) is 11.5 Å². The number of thioether (sulfide) groups is 1. The first-order valence-electron chi connectivity index (χ1n) is 7.87. The minimum absolute atomic E-state index is 0.698. The van der Waals surface area contributed by atoms with Crippen LogP contribution in [-0.4, -0.2) is 49.3 Å². The van der Waals surface area contributed by atoms with Gasteiger partial charge in [0.25, 0.3) is 0 Å². The van der Waals surface area contributed by atoms with Crippen LogP contribution in [0.1, 0.15) is 12.8 Å². The van der Waals surface area contributed by atoms with Crippen LogP contribution in [0.3, 0.4) is 0 Å². The van der Waals surface area contributed by atoms with Crippen molar-refractivity contribution in [2.24, 2.45) is 5.92 Å². The standard InChI is InChI=1S/C17H23N3O2S/c1-21-15-8-13-14(9-16(15)22-2)18-11-19-17(13)20-6-4-12(5-7-20)10-23-3/h8-9,11-12H,4-7,10H2,1-3H3. The summed E-state index contributed by atoms with van der Waals surface area (Å²) < 4.78 is 10.8. The zero-order valence-electron chi connectivity index (χ0n) is 13.9. The molecule has 23 heavy (non-hydrogen) atoms. The monoisotopic (exact) mass is 333 g/mol. The lowest BCUT2D eigenvalue weighted by molar-refractivity contribution is 0.355. The second-order valence-corrected chi connectivity index (χ2v) is 6.72. The number of rotatable bonds is 5. The highest BCUT2D eigenvalue weighted by Crippen LogP contribution is 2.35. The Balaban J connectivity index is 1.92. The van der Waals surface area contributed by atoms with Crippen molar-refractivity contribution in [3.63, 3.8) is 0 Å². The molecule has 0 amide bonds. The molecule has 0 N–H and O–H groups in total. The summed E-state index contributed by atoms with van der Waals surface area (Å²) in [6, 6.07) is 3.90. The number of hydrogen-bond donors (Lipinski definition) is 0. The molecule has 0 spiro atoms. The van der Waals surface area contributed by atoms with Crippen LogP contribution in [0.4, 0.5) is 5.82 Å². The van der Waals surface area contributed by atoms with Gasteiger partial charge in [-0.25, -0.2) is 9.97 Å². The maximum Gasteiger partial charge on any atom is 0.162 e. The van der Waals surface area contributed by atoms with Crippen molar-refractivity contribution in [1.82, 2.24) is 9.97 Å². The largest absolute Gasteiger partial charge is 0.493 e. The van der Waals surface area contributed by atoms with Gasteiger partial charge in [-0.2, -0.15) is 11.8 Å². The van der Waals surface area contributed by atoms with Gasteiger partial charge in [-0.1, -0.05) is 0 Å². The summed E-state index contributed by atoms with van der Waals surface area (Å²) in [6.45, 7) is 2.09. The van der Waals surface area contributed by atoms with E-state index in [0.29, 0.717) is 11.5 Å². The van der Waals surface area contributed by atoms with Crippen LogP contribution < -0.4 is 14.4 Å². The molecule has 124 valence electrons. The molecule has 3 rings (SSSR count). The highest BCUT2D eigenvalue weighted by atomic mass is 32.2. The van der Waals surface area contributed by atoms with Gasteiger partial charge in [0, 0.05) is 24.5 Å². The lowest BCUT2D eigenvalue weighted by atomic mass is 9.98. The maximum atomic E-state index is 5.43. The second-order valence-electron chi connectivity index (χ2n) is 5.81. The van der Waals surface area contributed by atoms with E-state index in [1.807, 2.05) is 23.9 Å². The van der Waals surface area contributed by atoms with Gasteiger partial charge < -0.3 is 14.4 Å². The molecule has 6 heteroatoms. The third kappa shape index (κ3) is 3.32. The fourth-order valence-corrected chi connectivity index (χ4v) is 3.97. The average molecular weight is 333 g/mol. The van der Waals surface area contributed by atoms with E-state index in [2.05, 4.69) is 21.1 Å². The SMILES string of the molecule is COc1cc2ncnc(N3CCC(CSC)CC3)c2cc1OC. The quantitative estimate of drug-likeness (QED) is 0.837. The van der Waals surface area contributed by atoms with E-state index in [1.54, 1.807) is 20.5 Å². The van der Waals surface area contributed by atoms with E-state index in [4.69, 9.17) is 9.47 Å². The highest BCUT2D eigenvalue weighted by molar-refractivity contribution is 7.98. The fourth-order valence-electron chi connectivity index (χ4n) is 3.17. The number of ether oxygens (including phenoxy) is 2. The Morgan fingerprint density at radius 2 is 1.83 bits per heavy atom.